The van der Waals surface area contributed by atoms with Gasteiger partial charge in [0.15, 0.2) is 0 Å². The molecule has 1 unspecified atom stereocenters. The summed E-state index contributed by atoms with van der Waals surface area (Å²) in [6.07, 6.45) is 11.7. The third-order valence-corrected chi connectivity index (χ3v) is 2.20. The van der Waals surface area contributed by atoms with Crippen LogP contribution in [-0.2, 0) is 4.84 Å². The predicted molar refractivity (Wildman–Crippen MR) is 76.7 cm³/mol. The van der Waals surface area contributed by atoms with Crippen LogP contribution in [0.4, 0.5) is 0 Å². The van der Waals surface area contributed by atoms with E-state index < -0.39 is 0 Å². The smallest absolute Gasteiger partial charge is 0.106 e. The molecule has 0 heterocycles. The molecule has 0 saturated carbocycles. The molecule has 0 spiro atoms. The van der Waals surface area contributed by atoms with Crippen LogP contribution in [0.5, 0.6) is 0 Å². The number of rotatable bonds is 10. The molecule has 0 aliphatic rings. The molecule has 0 aromatic carbocycles. The van der Waals surface area contributed by atoms with Crippen molar-refractivity contribution in [2.45, 2.75) is 25.8 Å². The highest BCUT2D eigenvalue weighted by Gasteiger charge is 1.99. The maximum atomic E-state index is 9.19. The molecule has 2 N–H and O–H groups in total. The van der Waals surface area contributed by atoms with Crippen LogP contribution in [0.3, 0.4) is 0 Å². The Morgan fingerprint density at radius 2 is 2.22 bits per heavy atom. The second-order valence-corrected chi connectivity index (χ2v) is 3.81. The van der Waals surface area contributed by atoms with Crippen molar-refractivity contribution in [2.24, 2.45) is 5.16 Å². The molecule has 4 nitrogen and oxygen atoms in total. The lowest BCUT2D eigenvalue weighted by Crippen LogP contribution is -2.30. The van der Waals surface area contributed by atoms with Crippen LogP contribution in [0, 0.1) is 0 Å². The average molecular weight is 252 g/mol. The van der Waals surface area contributed by atoms with Crippen molar-refractivity contribution in [1.82, 2.24) is 5.32 Å². The van der Waals surface area contributed by atoms with Gasteiger partial charge in [-0.25, -0.2) is 0 Å². The number of nitrogens with zero attached hydrogens (tertiary/aromatic N) is 1. The third-order valence-electron chi connectivity index (χ3n) is 2.20. The topological polar surface area (TPSA) is 53.9 Å². The van der Waals surface area contributed by atoms with Crippen LogP contribution < -0.4 is 5.32 Å². The van der Waals surface area contributed by atoms with Crippen molar-refractivity contribution in [3.8, 4) is 0 Å². The summed E-state index contributed by atoms with van der Waals surface area (Å²) < 4.78 is 0. The molecule has 0 aliphatic heterocycles. The number of hydrogen-bond donors (Lipinski definition) is 2. The van der Waals surface area contributed by atoms with Crippen molar-refractivity contribution in [1.29, 1.82) is 0 Å². The fraction of sp³-hybridized carbons (Fsp3) is 0.500. The minimum Gasteiger partial charge on any atom is -0.399 e. The summed E-state index contributed by atoms with van der Waals surface area (Å²) in [5.74, 6) is 0. The van der Waals surface area contributed by atoms with Gasteiger partial charge in [-0.15, -0.1) is 6.58 Å². The fourth-order valence-electron chi connectivity index (χ4n) is 1.26. The van der Waals surface area contributed by atoms with Gasteiger partial charge in [-0.05, 0) is 25.8 Å². The first-order chi connectivity index (χ1) is 8.74. The fourth-order valence-corrected chi connectivity index (χ4v) is 1.26. The molecule has 0 amide bonds. The highest BCUT2D eigenvalue weighted by molar-refractivity contribution is 5.92. The average Bonchev–Trinajstić information content (AvgIpc) is 2.37. The van der Waals surface area contributed by atoms with E-state index in [1.807, 2.05) is 25.2 Å². The van der Waals surface area contributed by atoms with E-state index in [0.29, 0.717) is 0 Å². The van der Waals surface area contributed by atoms with Gasteiger partial charge in [-0.2, -0.15) is 0 Å². The maximum Gasteiger partial charge on any atom is 0.106 e. The Balaban J connectivity index is 3.93. The molecule has 18 heavy (non-hydrogen) atoms. The van der Waals surface area contributed by atoms with E-state index in [-0.39, 0.29) is 12.6 Å². The van der Waals surface area contributed by atoms with E-state index in [1.54, 1.807) is 0 Å². The Labute approximate surface area is 110 Å². The monoisotopic (exact) mass is 252 g/mol. The van der Waals surface area contributed by atoms with Crippen LogP contribution in [0.15, 0.2) is 42.1 Å². The van der Waals surface area contributed by atoms with Crippen LogP contribution >= 0.6 is 0 Å². The van der Waals surface area contributed by atoms with Crippen molar-refractivity contribution in [2.75, 3.05) is 20.3 Å². The third kappa shape index (κ3) is 9.81. The molecule has 102 valence electrons. The van der Waals surface area contributed by atoms with Crippen molar-refractivity contribution >= 4 is 5.71 Å². The molecule has 1 atom stereocenters. The molecule has 0 aromatic heterocycles. The van der Waals surface area contributed by atoms with Crippen molar-refractivity contribution < 1.29 is 9.94 Å². The number of aliphatic hydroxyl groups excluding tert-OH is 1. The predicted octanol–water partition coefficient (Wildman–Crippen LogP) is 2.04. The van der Waals surface area contributed by atoms with Gasteiger partial charge in [0, 0.05) is 12.6 Å². The molecule has 4 heteroatoms. The zero-order valence-corrected chi connectivity index (χ0v) is 11.3. The maximum absolute atomic E-state index is 9.19. The first-order valence-corrected chi connectivity index (χ1v) is 6.10. The SMILES string of the molecule is C=CCC/C=C/CNC(/C=C/C(C)=N\OC)CO. The zero-order valence-electron chi connectivity index (χ0n) is 11.3. The van der Waals surface area contributed by atoms with E-state index in [2.05, 4.69) is 34.0 Å². The van der Waals surface area contributed by atoms with E-state index in [0.717, 1.165) is 25.1 Å². The second kappa shape index (κ2) is 12.1. The highest BCUT2D eigenvalue weighted by Crippen LogP contribution is 1.92. The van der Waals surface area contributed by atoms with Gasteiger partial charge < -0.3 is 15.3 Å². The molecular weight excluding hydrogens is 228 g/mol. The summed E-state index contributed by atoms with van der Waals surface area (Å²) in [5, 5.41) is 16.1. The molecule has 0 radical (unpaired) electrons. The minimum atomic E-state index is -0.0731. The van der Waals surface area contributed by atoms with Gasteiger partial charge in [0.05, 0.1) is 12.3 Å². The van der Waals surface area contributed by atoms with Gasteiger partial charge in [0.2, 0.25) is 0 Å². The minimum absolute atomic E-state index is 0.0528. The first kappa shape index (κ1) is 16.6. The van der Waals surface area contributed by atoms with Crippen LogP contribution in [-0.4, -0.2) is 37.1 Å². The Morgan fingerprint density at radius 1 is 1.44 bits per heavy atom. The molecule has 0 fully saturated rings. The summed E-state index contributed by atoms with van der Waals surface area (Å²) in [6, 6.07) is -0.0731. The number of unbranched alkanes of at least 4 members (excludes halogenated alkanes) is 1. The Hall–Kier alpha value is -1.39. The number of allylic oxidation sites excluding steroid dienone is 3. The van der Waals surface area contributed by atoms with E-state index >= 15 is 0 Å². The van der Waals surface area contributed by atoms with Gasteiger partial charge in [-0.1, -0.05) is 29.5 Å². The molecule has 0 saturated heterocycles. The molecule has 0 bridgehead atoms. The number of aliphatic hydroxyl groups is 1. The van der Waals surface area contributed by atoms with Crippen LogP contribution in [0.1, 0.15) is 19.8 Å². The lowest BCUT2D eigenvalue weighted by atomic mass is 10.2. The molecular formula is C14H24N2O2. The quantitative estimate of drug-likeness (QED) is 0.271. The summed E-state index contributed by atoms with van der Waals surface area (Å²) >= 11 is 0. The Kier molecular flexibility index (Phi) is 11.1. The largest absolute Gasteiger partial charge is 0.399 e. The lowest BCUT2D eigenvalue weighted by molar-refractivity contribution is 0.213. The van der Waals surface area contributed by atoms with E-state index in [4.69, 9.17) is 0 Å². The Bertz CT molecular complexity index is 296. The van der Waals surface area contributed by atoms with Crippen LogP contribution in [0.25, 0.3) is 0 Å². The van der Waals surface area contributed by atoms with Crippen molar-refractivity contribution in [3.63, 3.8) is 0 Å². The van der Waals surface area contributed by atoms with E-state index in [1.165, 1.54) is 7.11 Å². The summed E-state index contributed by atoms with van der Waals surface area (Å²) in [6.45, 7) is 6.28. The van der Waals surface area contributed by atoms with Gasteiger partial charge in [0.25, 0.3) is 0 Å². The van der Waals surface area contributed by atoms with Gasteiger partial charge in [-0.3, -0.25) is 0 Å². The molecule has 0 rings (SSSR count). The van der Waals surface area contributed by atoms with Crippen LogP contribution in [0.2, 0.25) is 0 Å². The summed E-state index contributed by atoms with van der Waals surface area (Å²) in [5.41, 5.74) is 0.763. The summed E-state index contributed by atoms with van der Waals surface area (Å²) in [4.78, 5) is 4.64. The van der Waals surface area contributed by atoms with Crippen molar-refractivity contribution in [3.05, 3.63) is 37.0 Å². The number of oxime groups is 1. The van der Waals surface area contributed by atoms with E-state index in [9.17, 15) is 5.11 Å². The van der Waals surface area contributed by atoms with Gasteiger partial charge in [0.1, 0.15) is 7.11 Å². The first-order valence-electron chi connectivity index (χ1n) is 6.10. The normalized spacial score (nSPS) is 14.3. The standard InChI is InChI=1S/C14H24N2O2/c1-4-5-6-7-8-11-15-14(12-17)10-9-13(2)16-18-3/h4,7-10,14-15,17H,1,5-6,11-12H2,2-3H3/b8-7+,10-9+,16-13-. The number of nitrogens with one attached hydrogen (secondary N) is 1. The second-order valence-electron chi connectivity index (χ2n) is 3.81. The highest BCUT2D eigenvalue weighted by atomic mass is 16.6. The zero-order chi connectivity index (χ0) is 13.6. The number of hydrogen-bond acceptors (Lipinski definition) is 4. The van der Waals surface area contributed by atoms with Gasteiger partial charge >= 0.3 is 0 Å². The molecule has 0 aliphatic carbocycles. The summed E-state index contributed by atoms with van der Waals surface area (Å²) in [7, 11) is 1.51. The lowest BCUT2D eigenvalue weighted by Gasteiger charge is -2.09. The Morgan fingerprint density at radius 3 is 2.83 bits per heavy atom. The molecule has 0 aromatic rings.